The molecule has 1 saturated heterocycles. The monoisotopic (exact) mass is 274 g/mol. The highest BCUT2D eigenvalue weighted by atomic mass is 35.5. The summed E-state index contributed by atoms with van der Waals surface area (Å²) in [5.41, 5.74) is 0. The van der Waals surface area contributed by atoms with Crippen LogP contribution in [0.3, 0.4) is 0 Å². The van der Waals surface area contributed by atoms with E-state index in [1.165, 1.54) is 32.1 Å². The van der Waals surface area contributed by atoms with Crippen LogP contribution in [0.25, 0.3) is 0 Å². The molecule has 2 fully saturated rings. The maximum absolute atomic E-state index is 12.3. The number of piperazine rings is 1. The molecule has 1 N–H and O–H groups in total. The fourth-order valence-electron chi connectivity index (χ4n) is 3.22. The number of hydrogen-bond acceptors (Lipinski definition) is 2. The third-order valence-electron chi connectivity index (χ3n) is 4.26. The predicted molar refractivity (Wildman–Crippen MR) is 77.1 cm³/mol. The number of nitrogens with one attached hydrogen (secondary N) is 1. The minimum absolute atomic E-state index is 0. The molecule has 0 aromatic rings. The first-order valence-electron chi connectivity index (χ1n) is 7.27. The molecule has 18 heavy (non-hydrogen) atoms. The summed E-state index contributed by atoms with van der Waals surface area (Å²) < 4.78 is 0. The second-order valence-electron chi connectivity index (χ2n) is 5.72. The lowest BCUT2D eigenvalue weighted by Crippen LogP contribution is -2.48. The van der Waals surface area contributed by atoms with Crippen molar-refractivity contribution in [3.63, 3.8) is 0 Å². The van der Waals surface area contributed by atoms with Crippen LogP contribution in [0.4, 0.5) is 0 Å². The summed E-state index contributed by atoms with van der Waals surface area (Å²) >= 11 is 0. The number of carbonyl (C=O) groups excluding carboxylic acids is 1. The largest absolute Gasteiger partial charge is 0.340 e. The molecule has 0 spiro atoms. The van der Waals surface area contributed by atoms with Crippen LogP contribution < -0.4 is 5.32 Å². The number of rotatable bonds is 3. The first-order chi connectivity index (χ1) is 8.27. The molecule has 2 aliphatic rings. The van der Waals surface area contributed by atoms with Crippen LogP contribution in [0.15, 0.2) is 0 Å². The summed E-state index contributed by atoms with van der Waals surface area (Å²) in [7, 11) is 0. The molecule has 0 aromatic heterocycles. The fourth-order valence-corrected chi connectivity index (χ4v) is 3.22. The van der Waals surface area contributed by atoms with Crippen molar-refractivity contribution in [1.82, 2.24) is 10.2 Å². The van der Waals surface area contributed by atoms with E-state index < -0.39 is 0 Å². The molecule has 1 saturated carbocycles. The lowest BCUT2D eigenvalue weighted by Gasteiger charge is -2.31. The maximum Gasteiger partial charge on any atom is 0.225 e. The third-order valence-corrected chi connectivity index (χ3v) is 4.26. The molecular weight excluding hydrogens is 248 g/mol. The summed E-state index contributed by atoms with van der Waals surface area (Å²) in [6.45, 7) is 5.84. The van der Waals surface area contributed by atoms with E-state index in [0.29, 0.717) is 5.91 Å². The van der Waals surface area contributed by atoms with Gasteiger partial charge in [0.1, 0.15) is 0 Å². The summed E-state index contributed by atoms with van der Waals surface area (Å²) in [4.78, 5) is 14.3. The molecule has 1 amide bonds. The van der Waals surface area contributed by atoms with Gasteiger partial charge in [-0.3, -0.25) is 4.79 Å². The zero-order valence-corrected chi connectivity index (χ0v) is 12.3. The third kappa shape index (κ3) is 4.43. The van der Waals surface area contributed by atoms with Gasteiger partial charge in [-0.2, -0.15) is 0 Å². The van der Waals surface area contributed by atoms with E-state index in [4.69, 9.17) is 0 Å². The van der Waals surface area contributed by atoms with Crippen molar-refractivity contribution >= 4 is 18.3 Å². The van der Waals surface area contributed by atoms with Crippen molar-refractivity contribution in [2.45, 2.75) is 45.4 Å². The average molecular weight is 275 g/mol. The number of nitrogens with zero attached hydrogens (tertiary/aromatic N) is 1. The maximum atomic E-state index is 12.3. The van der Waals surface area contributed by atoms with Gasteiger partial charge in [-0.25, -0.2) is 0 Å². The quantitative estimate of drug-likeness (QED) is 0.857. The Kier molecular flexibility index (Phi) is 7.02. The van der Waals surface area contributed by atoms with Gasteiger partial charge in [0, 0.05) is 32.1 Å². The zero-order chi connectivity index (χ0) is 12.1. The highest BCUT2D eigenvalue weighted by Crippen LogP contribution is 2.29. The van der Waals surface area contributed by atoms with E-state index >= 15 is 0 Å². The number of halogens is 1. The van der Waals surface area contributed by atoms with Gasteiger partial charge in [-0.05, 0) is 12.3 Å². The number of amides is 1. The predicted octanol–water partition coefficient (Wildman–Crippen LogP) is 2.45. The van der Waals surface area contributed by atoms with Crippen molar-refractivity contribution in [3.8, 4) is 0 Å². The zero-order valence-electron chi connectivity index (χ0n) is 11.5. The van der Waals surface area contributed by atoms with Crippen molar-refractivity contribution < 1.29 is 4.79 Å². The van der Waals surface area contributed by atoms with E-state index in [-0.39, 0.29) is 18.3 Å². The Bertz CT molecular complexity index is 248. The standard InChI is InChI=1S/C14H26N2O.ClH/c1-12(11-13-5-3-2-4-6-13)14(17)16-9-7-15-8-10-16;/h12-13,15H,2-11H2,1H3;1H. The molecule has 0 aromatic carbocycles. The van der Waals surface area contributed by atoms with Gasteiger partial charge in [0.2, 0.25) is 5.91 Å². The average Bonchev–Trinajstić information content (AvgIpc) is 2.40. The fraction of sp³-hybridized carbons (Fsp3) is 0.929. The van der Waals surface area contributed by atoms with Crippen LogP contribution in [-0.2, 0) is 4.79 Å². The highest BCUT2D eigenvalue weighted by molar-refractivity contribution is 5.85. The summed E-state index contributed by atoms with van der Waals surface area (Å²) in [5.74, 6) is 1.43. The van der Waals surface area contributed by atoms with Crippen molar-refractivity contribution in [1.29, 1.82) is 0 Å². The Morgan fingerprint density at radius 1 is 1.22 bits per heavy atom. The van der Waals surface area contributed by atoms with E-state index in [2.05, 4.69) is 12.2 Å². The Labute approximate surface area is 117 Å². The van der Waals surface area contributed by atoms with Crippen LogP contribution in [0.5, 0.6) is 0 Å². The SMILES string of the molecule is CC(CC1CCCCC1)C(=O)N1CCNCC1.Cl. The molecule has 1 aliphatic heterocycles. The molecule has 3 nitrogen and oxygen atoms in total. The van der Waals surface area contributed by atoms with Gasteiger partial charge in [-0.1, -0.05) is 39.0 Å². The van der Waals surface area contributed by atoms with Crippen molar-refractivity contribution in [2.24, 2.45) is 11.8 Å². The summed E-state index contributed by atoms with van der Waals surface area (Å²) in [5, 5.41) is 3.30. The molecule has 1 aliphatic carbocycles. The van der Waals surface area contributed by atoms with Crippen molar-refractivity contribution in [2.75, 3.05) is 26.2 Å². The smallest absolute Gasteiger partial charge is 0.225 e. The first kappa shape index (κ1) is 15.8. The molecule has 0 radical (unpaired) electrons. The summed E-state index contributed by atoms with van der Waals surface area (Å²) in [6, 6.07) is 0. The molecule has 106 valence electrons. The van der Waals surface area contributed by atoms with Crippen LogP contribution in [0, 0.1) is 11.8 Å². The molecule has 2 rings (SSSR count). The Hall–Kier alpha value is -0.280. The Morgan fingerprint density at radius 3 is 2.44 bits per heavy atom. The molecule has 1 unspecified atom stereocenters. The lowest BCUT2D eigenvalue weighted by atomic mass is 9.83. The molecule has 4 heteroatoms. The van der Waals surface area contributed by atoms with Crippen molar-refractivity contribution in [3.05, 3.63) is 0 Å². The van der Waals surface area contributed by atoms with Gasteiger partial charge < -0.3 is 10.2 Å². The number of carbonyl (C=O) groups is 1. The molecular formula is C14H27ClN2O. The van der Waals surface area contributed by atoms with E-state index in [9.17, 15) is 4.79 Å². The van der Waals surface area contributed by atoms with Crippen LogP contribution >= 0.6 is 12.4 Å². The lowest BCUT2D eigenvalue weighted by molar-refractivity contribution is -0.136. The van der Waals surface area contributed by atoms with Crippen LogP contribution in [0.2, 0.25) is 0 Å². The number of hydrogen-bond donors (Lipinski definition) is 1. The van der Waals surface area contributed by atoms with Gasteiger partial charge in [0.05, 0.1) is 0 Å². The van der Waals surface area contributed by atoms with E-state index in [1.54, 1.807) is 0 Å². The first-order valence-corrected chi connectivity index (χ1v) is 7.27. The van der Waals surface area contributed by atoms with Gasteiger partial charge in [0.25, 0.3) is 0 Å². The minimum Gasteiger partial charge on any atom is -0.340 e. The van der Waals surface area contributed by atoms with Gasteiger partial charge in [-0.15, -0.1) is 12.4 Å². The van der Waals surface area contributed by atoms with Crippen LogP contribution in [-0.4, -0.2) is 37.0 Å². The molecule has 1 atom stereocenters. The normalized spacial score (nSPS) is 23.3. The van der Waals surface area contributed by atoms with E-state index in [1.807, 2.05) is 4.90 Å². The Balaban J connectivity index is 0.00000162. The topological polar surface area (TPSA) is 32.3 Å². The second kappa shape index (κ2) is 8.00. The minimum atomic E-state index is 0. The second-order valence-corrected chi connectivity index (χ2v) is 5.72. The highest BCUT2D eigenvalue weighted by Gasteiger charge is 2.25. The molecule has 0 bridgehead atoms. The van der Waals surface area contributed by atoms with Gasteiger partial charge in [0.15, 0.2) is 0 Å². The van der Waals surface area contributed by atoms with Gasteiger partial charge >= 0.3 is 0 Å². The Morgan fingerprint density at radius 2 is 1.83 bits per heavy atom. The molecule has 1 heterocycles. The van der Waals surface area contributed by atoms with Crippen LogP contribution in [0.1, 0.15) is 45.4 Å². The van der Waals surface area contributed by atoms with E-state index in [0.717, 1.165) is 38.5 Å². The summed E-state index contributed by atoms with van der Waals surface area (Å²) in [6.07, 6.45) is 7.95.